The number of hydrogen-bond acceptors (Lipinski definition) is 27. The van der Waals surface area contributed by atoms with Gasteiger partial charge >= 0.3 is 0 Å². The molecule has 19 rings (SSSR count). The second kappa shape index (κ2) is 46.2. The minimum absolute atomic E-state index is 0.0535. The highest BCUT2D eigenvalue weighted by atomic mass is 16.5. The summed E-state index contributed by atoms with van der Waals surface area (Å²) in [7, 11) is 3.87. The van der Waals surface area contributed by atoms with E-state index >= 15 is 0 Å². The van der Waals surface area contributed by atoms with Crippen LogP contribution in [0.15, 0.2) is 147 Å². The van der Waals surface area contributed by atoms with Crippen LogP contribution in [-0.4, -0.2) is 282 Å². The number of pyridine rings is 8. The van der Waals surface area contributed by atoms with Crippen LogP contribution in [0, 0.1) is 110 Å². The average Bonchev–Trinajstić information content (AvgIpc) is 1.72. The maximum atomic E-state index is 13.1. The SMILES string of the molecule is C#CC(=O)N1CC2(C1)CN(c1ccc(-c3cc(OCC)cn4ncc(C#N)c34)cn1)C2.CCOc1cc(-c2ccc(N3CCN(C(=O)CC(O)CC#CCN(C)C)CC3)nc2)c2c(C#N)cnn2c1.CCOc1cc(-c2ccc(N3CCN(C(=O)CC4(C#CCOC(C)(C)C)CC4)CC3)nc2)c2c(C#N)cnn2c1.CCOc1cc(-c2ccc(N3CCN(C(=O)CCC#CCC4CC4)CC3)nc2)c2c(C#N)cnn2c1. The van der Waals surface area contributed by atoms with E-state index in [1.54, 1.807) is 83.6 Å². The van der Waals surface area contributed by atoms with Gasteiger partial charge < -0.3 is 68.0 Å². The summed E-state index contributed by atoms with van der Waals surface area (Å²) >= 11 is 0. The standard InChI is InChI=1S/C31H36N6O3.C28H33N7O3.C28H30N6O2.C23H20N6O2/c1-5-39-25-17-26(29-24(19-32)21-34-37(29)22-25)23-7-8-27(33-20-23)35-12-14-36(15-13-35)28(38)18-31(10-11-31)9-6-16-40-30(2,3)4;1-4-38-24-16-25(28-22(17-29)19-31-35(28)20-24)21-8-9-26(30-18-21)33-11-13-34(14-12-33)27(37)15-23(36)7-5-6-10-32(2)3;1-2-36-24-16-25(28-23(17-29)19-31-34(28)20-24)22-10-11-26(30-18-22)32-12-14-33(15-13-32)27(35)7-5-3-4-6-21-8-9-21;1-3-21(30)28-14-23(15-28)12-27(13-23)20-6-5-16(9-25-20)19-7-18(31-4-2)11-29-22(19)17(8-24)10-26-29/h7-8,17,20-22H,5,10-16,18H2,1-4H3;8-9,16,18-20,23,36H,4,7,10-15H2,1-3H3;10-11,16,18-21H,2,5-9,12-15H2,1H3;1,5-7,9-11H,4,12-15H2,2H3. The van der Waals surface area contributed by atoms with Gasteiger partial charge in [0.1, 0.15) is 77.2 Å². The van der Waals surface area contributed by atoms with Gasteiger partial charge in [-0.1, -0.05) is 23.7 Å². The topological polar surface area (TPSA) is 380 Å². The van der Waals surface area contributed by atoms with Crippen LogP contribution in [0.25, 0.3) is 66.6 Å². The predicted molar refractivity (Wildman–Crippen MR) is 549 cm³/mol. The average molecular weight is 1950 g/mol. The largest absolute Gasteiger partial charge is 0.492 e. The Morgan fingerprint density at radius 3 is 1.17 bits per heavy atom. The zero-order valence-corrected chi connectivity index (χ0v) is 83.5. The van der Waals surface area contributed by atoms with Gasteiger partial charge in [-0.05, 0) is 173 Å². The molecule has 744 valence electrons. The molecule has 12 aromatic rings. The maximum absolute atomic E-state index is 13.1. The Labute approximate surface area is 844 Å². The van der Waals surface area contributed by atoms with Crippen LogP contribution in [-0.2, 0) is 23.9 Å². The fourth-order valence-electron chi connectivity index (χ4n) is 18.3. The monoisotopic (exact) mass is 1950 g/mol. The van der Waals surface area contributed by atoms with E-state index in [-0.39, 0.29) is 46.5 Å². The first-order valence-corrected chi connectivity index (χ1v) is 49.3. The molecule has 145 heavy (non-hydrogen) atoms. The van der Waals surface area contributed by atoms with Gasteiger partial charge in [0.25, 0.3) is 5.91 Å². The first-order valence-electron chi connectivity index (χ1n) is 49.3. The number of nitrogens with zero attached hydrogens (tertiary/aromatic N) is 25. The number of fused-ring (bicyclic) bond motifs is 4. The third kappa shape index (κ3) is 24.9. The number of piperazine rings is 3. The minimum atomic E-state index is -0.755. The van der Waals surface area contributed by atoms with Crippen LogP contribution in [0.3, 0.4) is 0 Å². The van der Waals surface area contributed by atoms with Crippen LogP contribution in [0.5, 0.6) is 23.0 Å². The molecule has 5 aliphatic heterocycles. The molecule has 0 radical (unpaired) electrons. The third-order valence-electron chi connectivity index (χ3n) is 26.2. The molecule has 35 heteroatoms. The molecular formula is C110H119N25O10. The van der Waals surface area contributed by atoms with Gasteiger partial charge in [0.15, 0.2) is 0 Å². The molecule has 7 aliphatic rings. The zero-order valence-electron chi connectivity index (χ0n) is 83.5. The molecule has 7 fully saturated rings. The molecule has 35 nitrogen and oxygen atoms in total. The highest BCUT2D eigenvalue weighted by Crippen LogP contribution is 2.49. The summed E-state index contributed by atoms with van der Waals surface area (Å²) < 4.78 is 35.2. The van der Waals surface area contributed by atoms with Crippen molar-refractivity contribution in [2.75, 3.05) is 178 Å². The maximum Gasteiger partial charge on any atom is 0.298 e. The van der Waals surface area contributed by atoms with E-state index in [9.17, 15) is 45.3 Å². The highest BCUT2D eigenvalue weighted by molar-refractivity contribution is 5.94. The van der Waals surface area contributed by atoms with E-state index < -0.39 is 6.10 Å². The van der Waals surface area contributed by atoms with Crippen molar-refractivity contribution in [3.05, 3.63) is 169 Å². The fraction of sp³-hybridized carbons (Fsp3) is 0.418. The van der Waals surface area contributed by atoms with Crippen LogP contribution >= 0.6 is 0 Å². The summed E-state index contributed by atoms with van der Waals surface area (Å²) in [6, 6.07) is 32.5. The number of anilines is 4. The number of aliphatic hydroxyl groups excluding tert-OH is 1. The predicted octanol–water partition coefficient (Wildman–Crippen LogP) is 12.2. The number of hydrogen-bond donors (Lipinski definition) is 1. The Hall–Kier alpha value is -16.3. The lowest BCUT2D eigenvalue weighted by Gasteiger charge is -2.60. The van der Waals surface area contributed by atoms with Crippen molar-refractivity contribution >= 4 is 69.0 Å². The highest BCUT2D eigenvalue weighted by Gasteiger charge is 2.53. The van der Waals surface area contributed by atoms with Gasteiger partial charge in [-0.25, -0.2) is 38.0 Å². The first-order chi connectivity index (χ1) is 70.3. The zero-order chi connectivity index (χ0) is 102. The van der Waals surface area contributed by atoms with Gasteiger partial charge in [0.05, 0.1) is 145 Å². The number of terminal acetylenes is 1. The summed E-state index contributed by atoms with van der Waals surface area (Å²) in [5.41, 5.74) is 11.5. The summed E-state index contributed by atoms with van der Waals surface area (Å²) in [5, 5.41) is 65.6. The van der Waals surface area contributed by atoms with Crippen molar-refractivity contribution in [1.82, 2.24) is 82.9 Å². The molecule has 4 amide bonds. The molecule has 2 aliphatic carbocycles. The van der Waals surface area contributed by atoms with Crippen molar-refractivity contribution in [2.24, 2.45) is 16.7 Å². The minimum Gasteiger partial charge on any atom is -0.492 e. The molecule has 12 aromatic heterocycles. The van der Waals surface area contributed by atoms with Crippen molar-refractivity contribution in [2.45, 2.75) is 124 Å². The fourth-order valence-corrected chi connectivity index (χ4v) is 18.3. The number of carbonyl (C=O) groups excluding carboxylic acids is 4. The second-order valence-electron chi connectivity index (χ2n) is 38.1. The molecule has 1 unspecified atom stereocenters. The van der Waals surface area contributed by atoms with Gasteiger partial charge in [-0.15, -0.1) is 18.3 Å². The van der Waals surface area contributed by atoms with Crippen LogP contribution in [0.4, 0.5) is 23.3 Å². The van der Waals surface area contributed by atoms with Crippen LogP contribution < -0.4 is 38.5 Å². The van der Waals surface area contributed by atoms with Gasteiger partial charge in [-0.2, -0.15) is 41.4 Å². The molecule has 0 bridgehead atoms. The molecule has 1 atom stereocenters. The van der Waals surface area contributed by atoms with Crippen LogP contribution in [0.1, 0.15) is 135 Å². The summed E-state index contributed by atoms with van der Waals surface area (Å²) in [5.74, 6) is 28.0. The summed E-state index contributed by atoms with van der Waals surface area (Å²) in [4.78, 5) is 86.7. The second-order valence-corrected chi connectivity index (χ2v) is 38.1. The number of nitriles is 4. The Balaban J connectivity index is 0.000000139. The number of ether oxygens (including phenoxy) is 5. The van der Waals surface area contributed by atoms with E-state index in [1.807, 2.05) is 169 Å². The number of rotatable bonds is 26. The van der Waals surface area contributed by atoms with E-state index in [1.165, 1.54) is 12.8 Å². The van der Waals surface area contributed by atoms with Crippen molar-refractivity contribution in [3.63, 3.8) is 0 Å². The molecule has 17 heterocycles. The number of aromatic nitrogens is 12. The molecule has 5 saturated heterocycles. The molecule has 1 N–H and O–H groups in total. The Bertz CT molecular complexity index is 7110. The number of carbonyl (C=O) groups is 4. The third-order valence-corrected chi connectivity index (χ3v) is 26.2. The Morgan fingerprint density at radius 1 is 0.469 bits per heavy atom. The Kier molecular flexibility index (Phi) is 32.4. The summed E-state index contributed by atoms with van der Waals surface area (Å²) in [6.07, 6.45) is 32.6. The number of amides is 4. The van der Waals surface area contributed by atoms with E-state index in [2.05, 4.69) is 116 Å². The van der Waals surface area contributed by atoms with E-state index in [4.69, 9.17) is 40.1 Å². The van der Waals surface area contributed by atoms with E-state index in [0.717, 1.165) is 149 Å². The number of likely N-dealkylation sites (tertiary alicyclic amines) is 1. The van der Waals surface area contributed by atoms with Crippen LogP contribution in [0.2, 0.25) is 0 Å². The molecular weight excluding hydrogens is 1830 g/mol. The van der Waals surface area contributed by atoms with Crippen molar-refractivity contribution < 1.29 is 48.0 Å². The smallest absolute Gasteiger partial charge is 0.298 e. The summed E-state index contributed by atoms with van der Waals surface area (Å²) in [6.45, 7) is 28.1. The molecule has 2 saturated carbocycles. The van der Waals surface area contributed by atoms with E-state index in [0.29, 0.717) is 181 Å². The molecule has 0 aromatic carbocycles. The van der Waals surface area contributed by atoms with Gasteiger partial charge in [0, 0.05) is 217 Å². The Morgan fingerprint density at radius 2 is 0.841 bits per heavy atom. The normalized spacial score (nSPS) is 15.5. The lowest BCUT2D eigenvalue weighted by molar-refractivity contribution is -0.138. The quantitative estimate of drug-likeness (QED) is 0.0492. The first kappa shape index (κ1) is 102. The van der Waals surface area contributed by atoms with Gasteiger partial charge in [0.2, 0.25) is 17.7 Å². The van der Waals surface area contributed by atoms with Crippen molar-refractivity contribution in [1.29, 1.82) is 21.0 Å². The lowest BCUT2D eigenvalue weighted by atomic mass is 9.73. The lowest BCUT2D eigenvalue weighted by Crippen LogP contribution is -2.73. The van der Waals surface area contributed by atoms with Gasteiger partial charge in [-0.3, -0.25) is 24.1 Å². The number of aliphatic hydroxyl groups is 1. The van der Waals surface area contributed by atoms with Crippen molar-refractivity contribution in [3.8, 4) is 140 Å². The molecule has 1 spiro atoms.